The van der Waals surface area contributed by atoms with E-state index in [2.05, 4.69) is 46.6 Å². The number of rotatable bonds is 7. The molecule has 2 aromatic heterocycles. The van der Waals surface area contributed by atoms with Crippen LogP contribution in [0.2, 0.25) is 0 Å². The molecule has 0 aliphatic rings. The first-order chi connectivity index (χ1) is 8.78. The van der Waals surface area contributed by atoms with Crippen molar-refractivity contribution in [3.63, 3.8) is 0 Å². The fourth-order valence-electron chi connectivity index (χ4n) is 2.00. The Kier molecular flexibility index (Phi) is 4.59. The molecule has 0 aromatic carbocycles. The highest BCUT2D eigenvalue weighted by molar-refractivity contribution is 5.11. The zero-order chi connectivity index (χ0) is 12.8. The van der Waals surface area contributed by atoms with Crippen LogP contribution in [-0.2, 0) is 26.6 Å². The van der Waals surface area contributed by atoms with E-state index in [0.717, 1.165) is 26.1 Å². The molecule has 4 heteroatoms. The summed E-state index contributed by atoms with van der Waals surface area (Å²) >= 11 is 0. The summed E-state index contributed by atoms with van der Waals surface area (Å²) in [5.41, 5.74) is 2.64. The summed E-state index contributed by atoms with van der Waals surface area (Å²) in [7, 11) is 1.96. The van der Waals surface area contributed by atoms with Crippen LogP contribution in [0, 0.1) is 0 Å². The van der Waals surface area contributed by atoms with E-state index in [-0.39, 0.29) is 0 Å². The summed E-state index contributed by atoms with van der Waals surface area (Å²) in [6, 6.07) is 2.19. The minimum Gasteiger partial charge on any atom is -0.354 e. The number of hydrogen-bond donors (Lipinski definition) is 1. The lowest BCUT2D eigenvalue weighted by molar-refractivity contribution is 0.666. The number of nitrogens with one attached hydrogen (secondary N) is 1. The molecular weight excluding hydrogens is 224 g/mol. The van der Waals surface area contributed by atoms with Crippen LogP contribution in [0.4, 0.5) is 0 Å². The van der Waals surface area contributed by atoms with Crippen LogP contribution in [0.1, 0.15) is 24.5 Å². The Morgan fingerprint density at radius 1 is 1.28 bits per heavy atom. The molecule has 98 valence electrons. The van der Waals surface area contributed by atoms with Crippen molar-refractivity contribution in [2.45, 2.75) is 32.9 Å². The van der Waals surface area contributed by atoms with Gasteiger partial charge in [-0.1, -0.05) is 6.92 Å². The van der Waals surface area contributed by atoms with Gasteiger partial charge in [-0.15, -0.1) is 0 Å². The molecule has 0 spiro atoms. The molecule has 18 heavy (non-hydrogen) atoms. The lowest BCUT2D eigenvalue weighted by Crippen LogP contribution is -2.13. The summed E-state index contributed by atoms with van der Waals surface area (Å²) < 4.78 is 4.10. The Labute approximate surface area is 109 Å². The van der Waals surface area contributed by atoms with E-state index in [9.17, 15) is 0 Å². The highest BCUT2D eigenvalue weighted by Crippen LogP contribution is 2.04. The van der Waals surface area contributed by atoms with Gasteiger partial charge in [0.25, 0.3) is 0 Å². The van der Waals surface area contributed by atoms with Crippen molar-refractivity contribution >= 4 is 0 Å². The first-order valence-corrected chi connectivity index (χ1v) is 6.61. The van der Waals surface area contributed by atoms with E-state index in [1.54, 1.807) is 0 Å². The Hall–Kier alpha value is -1.55. The molecule has 1 N–H and O–H groups in total. The second-order valence-electron chi connectivity index (χ2n) is 4.71. The summed E-state index contributed by atoms with van der Waals surface area (Å²) in [5.74, 6) is 0. The molecule has 2 aromatic rings. The second kappa shape index (κ2) is 6.40. The second-order valence-corrected chi connectivity index (χ2v) is 4.71. The van der Waals surface area contributed by atoms with Gasteiger partial charge in [0, 0.05) is 38.7 Å². The monoisotopic (exact) mass is 246 g/mol. The van der Waals surface area contributed by atoms with Gasteiger partial charge in [-0.25, -0.2) is 0 Å². The van der Waals surface area contributed by atoms with Gasteiger partial charge in [0.2, 0.25) is 0 Å². The van der Waals surface area contributed by atoms with E-state index in [1.165, 1.54) is 17.5 Å². The third-order valence-corrected chi connectivity index (χ3v) is 2.98. The molecule has 0 saturated carbocycles. The van der Waals surface area contributed by atoms with Crippen LogP contribution < -0.4 is 5.32 Å². The molecule has 0 radical (unpaired) electrons. The molecule has 0 aliphatic heterocycles. The molecule has 4 nitrogen and oxygen atoms in total. The van der Waals surface area contributed by atoms with E-state index < -0.39 is 0 Å². The van der Waals surface area contributed by atoms with Crippen LogP contribution in [0.25, 0.3) is 0 Å². The fraction of sp³-hybridized carbons (Fsp3) is 0.500. The van der Waals surface area contributed by atoms with Crippen LogP contribution in [0.15, 0.2) is 30.9 Å². The topological polar surface area (TPSA) is 34.8 Å². The third kappa shape index (κ3) is 3.74. The predicted molar refractivity (Wildman–Crippen MR) is 73.3 cm³/mol. The Morgan fingerprint density at radius 2 is 2.17 bits per heavy atom. The normalized spacial score (nSPS) is 11.0. The van der Waals surface area contributed by atoms with Crippen LogP contribution in [-0.4, -0.2) is 20.9 Å². The van der Waals surface area contributed by atoms with Crippen molar-refractivity contribution in [1.82, 2.24) is 19.7 Å². The zero-order valence-corrected chi connectivity index (χ0v) is 11.3. The van der Waals surface area contributed by atoms with E-state index in [0.29, 0.717) is 0 Å². The lowest BCUT2D eigenvalue weighted by Gasteiger charge is -2.01. The first-order valence-electron chi connectivity index (χ1n) is 6.61. The molecule has 0 unspecified atom stereocenters. The molecule has 0 saturated heterocycles. The third-order valence-electron chi connectivity index (χ3n) is 2.98. The average Bonchev–Trinajstić information content (AvgIpc) is 2.96. The minimum absolute atomic E-state index is 0.966. The van der Waals surface area contributed by atoms with E-state index in [4.69, 9.17) is 0 Å². The average molecular weight is 246 g/mol. The predicted octanol–water partition coefficient (Wildman–Crippen LogP) is 1.96. The van der Waals surface area contributed by atoms with Crippen LogP contribution in [0.5, 0.6) is 0 Å². The number of aryl methyl sites for hydroxylation is 3. The Bertz CT molecular complexity index is 470. The molecule has 2 rings (SSSR count). The highest BCUT2D eigenvalue weighted by Gasteiger charge is 1.99. The quantitative estimate of drug-likeness (QED) is 0.758. The van der Waals surface area contributed by atoms with Gasteiger partial charge in [-0.3, -0.25) is 4.68 Å². The molecule has 0 atom stereocenters. The summed E-state index contributed by atoms with van der Waals surface area (Å²) in [4.78, 5) is 0. The maximum atomic E-state index is 4.18. The maximum Gasteiger partial charge on any atom is 0.0522 e. The zero-order valence-electron chi connectivity index (χ0n) is 11.3. The van der Waals surface area contributed by atoms with Crippen molar-refractivity contribution in [3.05, 3.63) is 42.0 Å². The van der Waals surface area contributed by atoms with Gasteiger partial charge in [0.1, 0.15) is 0 Å². The van der Waals surface area contributed by atoms with Crippen molar-refractivity contribution in [3.8, 4) is 0 Å². The van der Waals surface area contributed by atoms with Crippen molar-refractivity contribution < 1.29 is 0 Å². The molecule has 0 bridgehead atoms. The molecular formula is C14H22N4. The number of aromatic nitrogens is 3. The van der Waals surface area contributed by atoms with Crippen molar-refractivity contribution in [1.29, 1.82) is 0 Å². The van der Waals surface area contributed by atoms with Gasteiger partial charge >= 0.3 is 0 Å². The van der Waals surface area contributed by atoms with Gasteiger partial charge in [0.05, 0.1) is 6.20 Å². The van der Waals surface area contributed by atoms with Gasteiger partial charge < -0.3 is 9.88 Å². The molecule has 0 fully saturated rings. The lowest BCUT2D eigenvalue weighted by atomic mass is 10.2. The Balaban J connectivity index is 1.79. The molecule has 2 heterocycles. The van der Waals surface area contributed by atoms with E-state index in [1.807, 2.05) is 17.9 Å². The summed E-state index contributed by atoms with van der Waals surface area (Å²) in [6.07, 6.45) is 10.6. The van der Waals surface area contributed by atoms with Gasteiger partial charge in [0.15, 0.2) is 0 Å². The maximum absolute atomic E-state index is 4.18. The van der Waals surface area contributed by atoms with E-state index >= 15 is 0 Å². The first kappa shape index (κ1) is 12.9. The van der Waals surface area contributed by atoms with Gasteiger partial charge in [-0.05, 0) is 36.6 Å². The Morgan fingerprint density at radius 3 is 2.89 bits per heavy atom. The van der Waals surface area contributed by atoms with Crippen molar-refractivity contribution in [2.75, 3.05) is 6.54 Å². The highest BCUT2D eigenvalue weighted by atomic mass is 15.2. The van der Waals surface area contributed by atoms with Crippen molar-refractivity contribution in [2.24, 2.45) is 7.05 Å². The molecule has 0 amide bonds. The fourth-order valence-corrected chi connectivity index (χ4v) is 2.00. The summed E-state index contributed by atoms with van der Waals surface area (Å²) in [5, 5.41) is 7.60. The summed E-state index contributed by atoms with van der Waals surface area (Å²) in [6.45, 7) is 5.25. The standard InChI is InChI=1S/C14H22N4/c1-3-6-15-9-13-4-7-18(12-13)8-5-14-10-16-17(2)11-14/h4,7,10-12,15H,3,5-6,8-9H2,1-2H3. The van der Waals surface area contributed by atoms with Gasteiger partial charge in [-0.2, -0.15) is 5.10 Å². The largest absolute Gasteiger partial charge is 0.354 e. The minimum atomic E-state index is 0.966. The van der Waals surface area contributed by atoms with Crippen LogP contribution in [0.3, 0.4) is 0 Å². The SMILES string of the molecule is CCCNCc1ccn(CCc2cnn(C)c2)c1. The smallest absolute Gasteiger partial charge is 0.0522 e. The number of hydrogen-bond acceptors (Lipinski definition) is 2. The number of nitrogens with zero attached hydrogens (tertiary/aromatic N) is 3. The molecule has 0 aliphatic carbocycles. The van der Waals surface area contributed by atoms with Crippen LogP contribution >= 0.6 is 0 Å².